The number of aromatic amines is 1. The standard InChI is InChI=1S/C11H11N5/c1-16-9-4-2-3-8(7-5-13-14-6-7)10(9)15-11(16)12/h2-6H,1H3,(H2,12,15)(H,13,14). The minimum atomic E-state index is 0.519. The molecule has 0 fully saturated rings. The van der Waals surface area contributed by atoms with Gasteiger partial charge >= 0.3 is 0 Å². The smallest absolute Gasteiger partial charge is 0.200 e. The highest BCUT2D eigenvalue weighted by molar-refractivity contribution is 5.93. The van der Waals surface area contributed by atoms with Crippen molar-refractivity contribution in [2.24, 2.45) is 7.05 Å². The molecule has 3 N–H and O–H groups in total. The number of H-pyrrole nitrogens is 1. The van der Waals surface area contributed by atoms with Gasteiger partial charge in [0.15, 0.2) is 0 Å². The van der Waals surface area contributed by atoms with Gasteiger partial charge in [-0.05, 0) is 6.07 Å². The molecule has 16 heavy (non-hydrogen) atoms. The average molecular weight is 213 g/mol. The summed E-state index contributed by atoms with van der Waals surface area (Å²) < 4.78 is 1.87. The van der Waals surface area contributed by atoms with Gasteiger partial charge in [0.25, 0.3) is 0 Å². The monoisotopic (exact) mass is 213 g/mol. The number of nitrogens with one attached hydrogen (secondary N) is 1. The summed E-state index contributed by atoms with van der Waals surface area (Å²) >= 11 is 0. The van der Waals surface area contributed by atoms with Crippen molar-refractivity contribution in [3.05, 3.63) is 30.6 Å². The number of fused-ring (bicyclic) bond motifs is 1. The van der Waals surface area contributed by atoms with E-state index in [1.807, 2.05) is 36.0 Å². The molecule has 0 saturated carbocycles. The number of benzene rings is 1. The summed E-state index contributed by atoms with van der Waals surface area (Å²) in [6.45, 7) is 0. The lowest BCUT2D eigenvalue weighted by molar-refractivity contribution is 0.965. The molecule has 0 aliphatic heterocycles. The molecule has 5 heteroatoms. The van der Waals surface area contributed by atoms with E-state index < -0.39 is 0 Å². The minimum absolute atomic E-state index is 0.519. The maximum Gasteiger partial charge on any atom is 0.200 e. The summed E-state index contributed by atoms with van der Waals surface area (Å²) in [4.78, 5) is 4.37. The van der Waals surface area contributed by atoms with Gasteiger partial charge in [-0.1, -0.05) is 12.1 Å². The lowest BCUT2D eigenvalue weighted by Crippen LogP contribution is -1.95. The van der Waals surface area contributed by atoms with E-state index >= 15 is 0 Å². The zero-order valence-electron chi connectivity index (χ0n) is 8.81. The second kappa shape index (κ2) is 3.10. The molecule has 2 aromatic heterocycles. The Morgan fingerprint density at radius 3 is 3.00 bits per heavy atom. The third-order valence-corrected chi connectivity index (χ3v) is 2.76. The van der Waals surface area contributed by atoms with Crippen molar-refractivity contribution < 1.29 is 0 Å². The third kappa shape index (κ3) is 1.11. The van der Waals surface area contributed by atoms with E-state index in [1.165, 1.54) is 0 Å². The first-order valence-electron chi connectivity index (χ1n) is 4.97. The largest absolute Gasteiger partial charge is 0.369 e. The summed E-state index contributed by atoms with van der Waals surface area (Å²) in [6, 6.07) is 6.01. The number of imidazole rings is 1. The molecule has 3 aromatic rings. The second-order valence-electron chi connectivity index (χ2n) is 3.69. The Morgan fingerprint density at radius 1 is 1.38 bits per heavy atom. The number of nitrogen functional groups attached to an aromatic ring is 1. The number of rotatable bonds is 1. The van der Waals surface area contributed by atoms with Crippen LogP contribution in [0.5, 0.6) is 0 Å². The van der Waals surface area contributed by atoms with Gasteiger partial charge in [-0.25, -0.2) is 4.98 Å². The maximum absolute atomic E-state index is 5.80. The molecule has 0 bridgehead atoms. The molecule has 0 amide bonds. The van der Waals surface area contributed by atoms with Crippen LogP contribution >= 0.6 is 0 Å². The molecule has 0 aliphatic carbocycles. The van der Waals surface area contributed by atoms with Crippen LogP contribution in [-0.4, -0.2) is 19.7 Å². The maximum atomic E-state index is 5.80. The van der Waals surface area contributed by atoms with Crippen LogP contribution in [0.1, 0.15) is 0 Å². The number of hydrogen-bond acceptors (Lipinski definition) is 3. The van der Waals surface area contributed by atoms with Crippen molar-refractivity contribution in [1.29, 1.82) is 0 Å². The molecule has 3 rings (SSSR count). The molecule has 0 radical (unpaired) electrons. The molecule has 5 nitrogen and oxygen atoms in total. The topological polar surface area (TPSA) is 72.5 Å². The van der Waals surface area contributed by atoms with Crippen molar-refractivity contribution in [3.63, 3.8) is 0 Å². The van der Waals surface area contributed by atoms with Crippen LogP contribution < -0.4 is 5.73 Å². The summed E-state index contributed by atoms with van der Waals surface area (Å²) in [5.74, 6) is 0.519. The molecule has 0 saturated heterocycles. The van der Waals surface area contributed by atoms with Gasteiger partial charge in [0.1, 0.15) is 0 Å². The minimum Gasteiger partial charge on any atom is -0.369 e. The molecule has 0 aliphatic rings. The van der Waals surface area contributed by atoms with E-state index in [0.717, 1.165) is 22.2 Å². The first-order valence-corrected chi connectivity index (χ1v) is 4.97. The van der Waals surface area contributed by atoms with Crippen LogP contribution in [0.15, 0.2) is 30.6 Å². The molecular formula is C11H11N5. The SMILES string of the molecule is Cn1c(N)nc2c(-c3cn[nH]c3)cccc21. The Bertz CT molecular complexity index is 636. The predicted octanol–water partition coefficient (Wildman–Crippen LogP) is 1.55. The fourth-order valence-electron chi connectivity index (χ4n) is 1.86. The van der Waals surface area contributed by atoms with Crippen LogP contribution in [0.25, 0.3) is 22.2 Å². The number of nitrogens with zero attached hydrogens (tertiary/aromatic N) is 3. The number of aromatic nitrogens is 4. The van der Waals surface area contributed by atoms with Crippen molar-refractivity contribution in [1.82, 2.24) is 19.7 Å². The van der Waals surface area contributed by atoms with Gasteiger partial charge in [0.05, 0.1) is 17.2 Å². The summed E-state index contributed by atoms with van der Waals surface area (Å²) in [6.07, 6.45) is 3.62. The molecular weight excluding hydrogens is 202 g/mol. The van der Waals surface area contributed by atoms with Crippen molar-refractivity contribution in [3.8, 4) is 11.1 Å². The van der Waals surface area contributed by atoms with E-state index in [-0.39, 0.29) is 0 Å². The molecule has 0 unspecified atom stereocenters. The molecule has 0 atom stereocenters. The van der Waals surface area contributed by atoms with E-state index in [4.69, 9.17) is 5.73 Å². The summed E-state index contributed by atoms with van der Waals surface area (Å²) in [5, 5.41) is 6.74. The van der Waals surface area contributed by atoms with Crippen LogP contribution in [0, 0.1) is 0 Å². The van der Waals surface area contributed by atoms with Crippen LogP contribution in [0.2, 0.25) is 0 Å². The second-order valence-corrected chi connectivity index (χ2v) is 3.69. The van der Waals surface area contributed by atoms with Crippen molar-refractivity contribution >= 4 is 17.0 Å². The van der Waals surface area contributed by atoms with Crippen molar-refractivity contribution in [2.45, 2.75) is 0 Å². The number of nitrogens with two attached hydrogens (primary N) is 1. The highest BCUT2D eigenvalue weighted by Gasteiger charge is 2.10. The Hall–Kier alpha value is -2.30. The Morgan fingerprint density at radius 2 is 2.25 bits per heavy atom. The summed E-state index contributed by atoms with van der Waals surface area (Å²) in [7, 11) is 1.91. The van der Waals surface area contributed by atoms with Gasteiger partial charge in [-0.2, -0.15) is 5.10 Å². The highest BCUT2D eigenvalue weighted by Crippen LogP contribution is 2.27. The van der Waals surface area contributed by atoms with Gasteiger partial charge in [-0.15, -0.1) is 0 Å². The fraction of sp³-hybridized carbons (Fsp3) is 0.0909. The summed E-state index contributed by atoms with van der Waals surface area (Å²) in [5.41, 5.74) is 9.79. The van der Waals surface area contributed by atoms with Crippen LogP contribution in [-0.2, 0) is 7.05 Å². The Labute approximate surface area is 91.9 Å². The van der Waals surface area contributed by atoms with E-state index in [9.17, 15) is 0 Å². The number of hydrogen-bond donors (Lipinski definition) is 2. The molecule has 0 spiro atoms. The van der Waals surface area contributed by atoms with Crippen LogP contribution in [0.4, 0.5) is 5.95 Å². The zero-order chi connectivity index (χ0) is 11.1. The van der Waals surface area contributed by atoms with E-state index in [1.54, 1.807) is 6.20 Å². The Kier molecular flexibility index (Phi) is 1.73. The normalized spacial score (nSPS) is 11.1. The van der Waals surface area contributed by atoms with E-state index in [0.29, 0.717) is 5.95 Å². The average Bonchev–Trinajstić information content (AvgIpc) is 2.89. The first kappa shape index (κ1) is 8.96. The Balaban J connectivity index is 2.38. The van der Waals surface area contributed by atoms with Gasteiger partial charge in [0.2, 0.25) is 5.95 Å². The third-order valence-electron chi connectivity index (χ3n) is 2.76. The quantitative estimate of drug-likeness (QED) is 0.644. The van der Waals surface area contributed by atoms with Crippen LogP contribution in [0.3, 0.4) is 0 Å². The molecule has 1 aromatic carbocycles. The van der Waals surface area contributed by atoms with Gasteiger partial charge in [0, 0.05) is 24.4 Å². The van der Waals surface area contributed by atoms with Crippen molar-refractivity contribution in [2.75, 3.05) is 5.73 Å². The van der Waals surface area contributed by atoms with Gasteiger partial charge in [-0.3, -0.25) is 5.10 Å². The zero-order valence-corrected chi connectivity index (χ0v) is 8.81. The van der Waals surface area contributed by atoms with E-state index in [2.05, 4.69) is 15.2 Å². The molecule has 80 valence electrons. The lowest BCUT2D eigenvalue weighted by atomic mass is 10.1. The number of para-hydroxylation sites is 1. The lowest BCUT2D eigenvalue weighted by Gasteiger charge is -1.99. The fourth-order valence-corrected chi connectivity index (χ4v) is 1.86. The number of aryl methyl sites for hydroxylation is 1. The highest BCUT2D eigenvalue weighted by atomic mass is 15.1. The molecule has 2 heterocycles. The first-order chi connectivity index (χ1) is 7.77. The number of anilines is 1. The van der Waals surface area contributed by atoms with Gasteiger partial charge < -0.3 is 10.3 Å². The predicted molar refractivity (Wildman–Crippen MR) is 62.7 cm³/mol.